The highest BCUT2D eigenvalue weighted by atomic mass is 16.2. The van der Waals surface area contributed by atoms with Crippen LogP contribution >= 0.6 is 0 Å². The Morgan fingerprint density at radius 1 is 1.33 bits per heavy atom. The molecule has 3 amide bonds. The second-order valence-electron chi connectivity index (χ2n) is 4.40. The van der Waals surface area contributed by atoms with Crippen LogP contribution in [0.4, 0.5) is 10.5 Å². The molecule has 0 atom stereocenters. The summed E-state index contributed by atoms with van der Waals surface area (Å²) in [6.07, 6.45) is 0.874. The molecule has 6 heteroatoms. The van der Waals surface area contributed by atoms with E-state index in [0.717, 1.165) is 24.2 Å². The highest BCUT2D eigenvalue weighted by Crippen LogP contribution is 2.20. The van der Waals surface area contributed by atoms with Crippen molar-refractivity contribution in [1.82, 2.24) is 10.2 Å². The maximum absolute atomic E-state index is 11.4. The highest BCUT2D eigenvalue weighted by Gasteiger charge is 2.18. The van der Waals surface area contributed by atoms with Crippen molar-refractivity contribution in [1.29, 1.82) is 0 Å². The van der Waals surface area contributed by atoms with Crippen LogP contribution in [0, 0.1) is 0 Å². The second-order valence-corrected chi connectivity index (χ2v) is 4.40. The van der Waals surface area contributed by atoms with E-state index >= 15 is 0 Å². The molecule has 1 heterocycles. The van der Waals surface area contributed by atoms with Crippen LogP contribution in [0.15, 0.2) is 18.2 Å². The van der Waals surface area contributed by atoms with Crippen molar-refractivity contribution in [3.8, 4) is 0 Å². The number of hydrogen-bond donors (Lipinski definition) is 3. The van der Waals surface area contributed by atoms with Gasteiger partial charge < -0.3 is 11.5 Å². The monoisotopic (exact) mass is 248 g/mol. The Morgan fingerprint density at radius 2 is 2.11 bits per heavy atom. The summed E-state index contributed by atoms with van der Waals surface area (Å²) in [5.74, 6) is -0.380. The maximum Gasteiger partial charge on any atom is 0.318 e. The van der Waals surface area contributed by atoms with E-state index in [1.165, 1.54) is 5.56 Å². The third-order valence-corrected chi connectivity index (χ3v) is 2.95. The zero-order chi connectivity index (χ0) is 13.1. The van der Waals surface area contributed by atoms with Crippen molar-refractivity contribution >= 4 is 17.6 Å². The summed E-state index contributed by atoms with van der Waals surface area (Å²) in [6.45, 7) is 1.60. The first-order chi connectivity index (χ1) is 8.54. The number of nitrogens with one attached hydrogen (secondary N) is 1. The molecule has 1 aromatic carbocycles. The van der Waals surface area contributed by atoms with Crippen molar-refractivity contribution in [2.75, 3.05) is 18.8 Å². The number of anilines is 1. The second kappa shape index (κ2) is 5.05. The minimum atomic E-state index is -0.818. The number of nitrogens with zero attached hydrogens (tertiary/aromatic N) is 1. The largest absolute Gasteiger partial charge is 0.399 e. The van der Waals surface area contributed by atoms with E-state index in [1.807, 2.05) is 23.1 Å². The van der Waals surface area contributed by atoms with Crippen molar-refractivity contribution in [2.45, 2.75) is 13.0 Å². The lowest BCUT2D eigenvalue weighted by Gasteiger charge is -2.28. The Kier molecular flexibility index (Phi) is 3.47. The van der Waals surface area contributed by atoms with Crippen molar-refractivity contribution < 1.29 is 9.59 Å². The van der Waals surface area contributed by atoms with E-state index in [2.05, 4.69) is 5.32 Å². The maximum atomic E-state index is 11.4. The standard InChI is InChI=1S/C12H16N4O2/c13-10-2-1-8-3-4-16(6-9(8)5-10)7-11(17)15-12(14)18/h1-2,5H,3-4,6-7,13H2,(H3,14,15,17,18). The molecule has 1 aliphatic rings. The van der Waals surface area contributed by atoms with Gasteiger partial charge in [0.15, 0.2) is 0 Å². The number of amides is 3. The van der Waals surface area contributed by atoms with E-state index in [-0.39, 0.29) is 12.5 Å². The van der Waals surface area contributed by atoms with Gasteiger partial charge in [0.1, 0.15) is 0 Å². The summed E-state index contributed by atoms with van der Waals surface area (Å²) in [6, 6.07) is 5.01. The number of fused-ring (bicyclic) bond motifs is 1. The van der Waals surface area contributed by atoms with E-state index in [1.54, 1.807) is 0 Å². The lowest BCUT2D eigenvalue weighted by Crippen LogP contribution is -2.43. The van der Waals surface area contributed by atoms with Gasteiger partial charge in [0, 0.05) is 18.8 Å². The third kappa shape index (κ3) is 2.98. The summed E-state index contributed by atoms with van der Waals surface area (Å²) < 4.78 is 0. The van der Waals surface area contributed by atoms with E-state index in [4.69, 9.17) is 11.5 Å². The molecule has 1 aliphatic heterocycles. The number of imide groups is 1. The fraction of sp³-hybridized carbons (Fsp3) is 0.333. The Labute approximate surface area is 105 Å². The van der Waals surface area contributed by atoms with Crippen LogP contribution in [0.25, 0.3) is 0 Å². The molecule has 0 saturated carbocycles. The molecule has 6 nitrogen and oxygen atoms in total. The topological polar surface area (TPSA) is 101 Å². The minimum absolute atomic E-state index is 0.164. The zero-order valence-electron chi connectivity index (χ0n) is 9.98. The number of benzene rings is 1. The fourth-order valence-corrected chi connectivity index (χ4v) is 2.15. The predicted octanol–water partition coefficient (Wildman–Crippen LogP) is -0.178. The van der Waals surface area contributed by atoms with Crippen LogP contribution < -0.4 is 16.8 Å². The third-order valence-electron chi connectivity index (χ3n) is 2.95. The average molecular weight is 248 g/mol. The summed E-state index contributed by atoms with van der Waals surface area (Å²) in [5, 5.41) is 2.06. The normalized spacial score (nSPS) is 14.9. The van der Waals surface area contributed by atoms with E-state index in [9.17, 15) is 9.59 Å². The molecule has 96 valence electrons. The van der Waals surface area contributed by atoms with Crippen LogP contribution in [-0.4, -0.2) is 29.9 Å². The molecule has 0 radical (unpaired) electrons. The quantitative estimate of drug-likeness (QED) is 0.632. The lowest BCUT2D eigenvalue weighted by molar-refractivity contribution is -0.121. The van der Waals surface area contributed by atoms with Crippen molar-refractivity contribution in [3.05, 3.63) is 29.3 Å². The summed E-state index contributed by atoms with van der Waals surface area (Å²) in [5.41, 5.74) is 13.7. The molecule has 18 heavy (non-hydrogen) atoms. The molecule has 0 aromatic heterocycles. The average Bonchev–Trinajstić information content (AvgIpc) is 2.27. The predicted molar refractivity (Wildman–Crippen MR) is 67.6 cm³/mol. The molecular weight excluding hydrogens is 232 g/mol. The number of rotatable bonds is 2. The van der Waals surface area contributed by atoms with Gasteiger partial charge in [-0.3, -0.25) is 15.0 Å². The molecule has 0 bridgehead atoms. The van der Waals surface area contributed by atoms with Crippen LogP contribution in [0.3, 0.4) is 0 Å². The molecule has 0 unspecified atom stereocenters. The van der Waals surface area contributed by atoms with Crippen LogP contribution in [0.1, 0.15) is 11.1 Å². The Morgan fingerprint density at radius 3 is 2.83 bits per heavy atom. The van der Waals surface area contributed by atoms with Gasteiger partial charge in [0.05, 0.1) is 6.54 Å². The number of primary amides is 1. The number of carbonyl (C=O) groups excluding carboxylic acids is 2. The van der Waals surface area contributed by atoms with Gasteiger partial charge in [0.25, 0.3) is 0 Å². The Balaban J connectivity index is 1.99. The van der Waals surface area contributed by atoms with Gasteiger partial charge >= 0.3 is 6.03 Å². The zero-order valence-corrected chi connectivity index (χ0v) is 9.98. The summed E-state index contributed by atoms with van der Waals surface area (Å²) in [7, 11) is 0. The summed E-state index contributed by atoms with van der Waals surface area (Å²) >= 11 is 0. The SMILES string of the molecule is NC(=O)NC(=O)CN1CCc2ccc(N)cc2C1. The number of carbonyl (C=O) groups is 2. The first-order valence-electron chi connectivity index (χ1n) is 5.73. The van der Waals surface area contributed by atoms with Gasteiger partial charge in [-0.1, -0.05) is 6.07 Å². The smallest absolute Gasteiger partial charge is 0.318 e. The Bertz CT molecular complexity index is 487. The van der Waals surface area contributed by atoms with E-state index in [0.29, 0.717) is 6.54 Å². The number of hydrogen-bond acceptors (Lipinski definition) is 4. The van der Waals surface area contributed by atoms with Crippen LogP contribution in [0.2, 0.25) is 0 Å². The lowest BCUT2D eigenvalue weighted by atomic mass is 9.99. The fourth-order valence-electron chi connectivity index (χ4n) is 2.15. The van der Waals surface area contributed by atoms with Gasteiger partial charge in [-0.15, -0.1) is 0 Å². The molecule has 0 fully saturated rings. The van der Waals surface area contributed by atoms with Crippen molar-refractivity contribution in [2.24, 2.45) is 5.73 Å². The number of nitrogen functional groups attached to an aromatic ring is 1. The first-order valence-corrected chi connectivity index (χ1v) is 5.73. The number of urea groups is 1. The first kappa shape index (κ1) is 12.4. The van der Waals surface area contributed by atoms with Crippen LogP contribution in [0.5, 0.6) is 0 Å². The molecule has 0 saturated heterocycles. The molecule has 0 aliphatic carbocycles. The van der Waals surface area contributed by atoms with E-state index < -0.39 is 6.03 Å². The Hall–Kier alpha value is -2.08. The van der Waals surface area contributed by atoms with Gasteiger partial charge in [-0.25, -0.2) is 4.79 Å². The molecule has 2 rings (SSSR count). The van der Waals surface area contributed by atoms with Gasteiger partial charge in [-0.2, -0.15) is 0 Å². The molecule has 0 spiro atoms. The van der Waals surface area contributed by atoms with Crippen molar-refractivity contribution in [3.63, 3.8) is 0 Å². The highest BCUT2D eigenvalue weighted by molar-refractivity contribution is 5.94. The van der Waals surface area contributed by atoms with Gasteiger partial charge in [-0.05, 0) is 29.7 Å². The summed E-state index contributed by atoms with van der Waals surface area (Å²) in [4.78, 5) is 23.9. The molecule has 1 aromatic rings. The van der Waals surface area contributed by atoms with Crippen LogP contribution in [-0.2, 0) is 17.8 Å². The minimum Gasteiger partial charge on any atom is -0.399 e. The number of nitrogens with two attached hydrogens (primary N) is 2. The molecule has 5 N–H and O–H groups in total. The molecular formula is C12H16N4O2. The van der Waals surface area contributed by atoms with Gasteiger partial charge in [0.2, 0.25) is 5.91 Å².